The van der Waals surface area contributed by atoms with Crippen LogP contribution in [0.15, 0.2) is 51.7 Å². The Morgan fingerprint density at radius 1 is 1.05 bits per heavy atom. The van der Waals surface area contributed by atoms with E-state index in [1.165, 1.54) is 12.1 Å². The van der Waals surface area contributed by atoms with Gasteiger partial charge in [-0.3, -0.25) is 4.79 Å². The van der Waals surface area contributed by atoms with Crippen molar-refractivity contribution in [3.05, 3.63) is 57.7 Å². The van der Waals surface area contributed by atoms with Crippen molar-refractivity contribution >= 4 is 22.6 Å². The van der Waals surface area contributed by atoms with Crippen LogP contribution in [-0.2, 0) is 0 Å². The van der Waals surface area contributed by atoms with Crippen LogP contribution >= 0.6 is 11.6 Å². The highest BCUT2D eigenvalue weighted by molar-refractivity contribution is 6.33. The summed E-state index contributed by atoms with van der Waals surface area (Å²) in [6.45, 7) is 0. The first kappa shape index (κ1) is 12.6. The molecular weight excluding hydrogens is 280 g/mol. The highest BCUT2D eigenvalue weighted by atomic mass is 35.5. The Morgan fingerprint density at radius 3 is 2.55 bits per heavy atom. The van der Waals surface area contributed by atoms with Crippen LogP contribution in [0, 0.1) is 0 Å². The normalized spacial score (nSPS) is 10.8. The zero-order chi connectivity index (χ0) is 14.3. The maximum atomic E-state index is 12.1. The van der Waals surface area contributed by atoms with Crippen LogP contribution in [0.4, 0.5) is 0 Å². The fraction of sp³-hybridized carbons (Fsp3) is 0. The maximum absolute atomic E-state index is 12.1. The average Bonchev–Trinajstić information content (AvgIpc) is 2.37. The Balaban J connectivity index is 2.36. The number of aromatic hydroxyl groups is 2. The van der Waals surface area contributed by atoms with Gasteiger partial charge in [-0.05, 0) is 12.1 Å². The van der Waals surface area contributed by atoms with Crippen LogP contribution < -0.4 is 5.43 Å². The lowest BCUT2D eigenvalue weighted by molar-refractivity contribution is 0.452. The minimum Gasteiger partial charge on any atom is -0.508 e. The molecule has 0 radical (unpaired) electrons. The summed E-state index contributed by atoms with van der Waals surface area (Å²) in [5.74, 6) is -0.230. The molecule has 5 heteroatoms. The van der Waals surface area contributed by atoms with Gasteiger partial charge in [0.25, 0.3) is 0 Å². The van der Waals surface area contributed by atoms with Gasteiger partial charge in [-0.2, -0.15) is 0 Å². The van der Waals surface area contributed by atoms with Gasteiger partial charge in [0.15, 0.2) is 5.43 Å². The predicted molar refractivity (Wildman–Crippen MR) is 76.3 cm³/mol. The first-order valence-electron chi connectivity index (χ1n) is 5.81. The SMILES string of the molecule is O=c1cc(-c2ccccc2Cl)oc2cc(O)cc(O)c12. The third-order valence-electron chi connectivity index (χ3n) is 2.93. The van der Waals surface area contributed by atoms with E-state index in [0.717, 1.165) is 6.07 Å². The quantitative estimate of drug-likeness (QED) is 0.718. The lowest BCUT2D eigenvalue weighted by Gasteiger charge is -2.06. The Labute approximate surface area is 118 Å². The van der Waals surface area contributed by atoms with E-state index in [9.17, 15) is 15.0 Å². The van der Waals surface area contributed by atoms with E-state index in [-0.39, 0.29) is 28.2 Å². The van der Waals surface area contributed by atoms with Crippen LogP contribution in [0.1, 0.15) is 0 Å². The molecule has 0 bridgehead atoms. The third-order valence-corrected chi connectivity index (χ3v) is 3.26. The number of phenolic OH excluding ortho intramolecular Hbond substituents is 2. The molecule has 4 nitrogen and oxygen atoms in total. The molecular formula is C15H9ClO4. The number of hydrogen-bond acceptors (Lipinski definition) is 4. The molecule has 2 N–H and O–H groups in total. The molecule has 0 fully saturated rings. The van der Waals surface area contributed by atoms with Gasteiger partial charge >= 0.3 is 0 Å². The van der Waals surface area contributed by atoms with E-state index >= 15 is 0 Å². The summed E-state index contributed by atoms with van der Waals surface area (Å²) in [6, 6.07) is 10.6. The second-order valence-electron chi connectivity index (χ2n) is 4.29. The van der Waals surface area contributed by atoms with Crippen molar-refractivity contribution in [3.8, 4) is 22.8 Å². The van der Waals surface area contributed by atoms with E-state index in [0.29, 0.717) is 10.6 Å². The molecule has 0 spiro atoms. The van der Waals surface area contributed by atoms with Crippen LogP contribution in [-0.4, -0.2) is 10.2 Å². The summed E-state index contributed by atoms with van der Waals surface area (Å²) in [6.07, 6.45) is 0. The highest BCUT2D eigenvalue weighted by Crippen LogP contribution is 2.32. The Kier molecular flexibility index (Phi) is 2.88. The zero-order valence-electron chi connectivity index (χ0n) is 10.1. The van der Waals surface area contributed by atoms with Gasteiger partial charge in [-0.25, -0.2) is 0 Å². The van der Waals surface area contributed by atoms with E-state index in [1.54, 1.807) is 24.3 Å². The lowest BCUT2D eigenvalue weighted by atomic mass is 10.1. The van der Waals surface area contributed by atoms with Gasteiger partial charge in [0.05, 0.1) is 5.02 Å². The largest absolute Gasteiger partial charge is 0.508 e. The fourth-order valence-electron chi connectivity index (χ4n) is 2.05. The summed E-state index contributed by atoms with van der Waals surface area (Å²) in [5, 5.41) is 19.6. The van der Waals surface area contributed by atoms with E-state index < -0.39 is 5.43 Å². The monoisotopic (exact) mass is 288 g/mol. The summed E-state index contributed by atoms with van der Waals surface area (Å²) < 4.78 is 5.57. The second-order valence-corrected chi connectivity index (χ2v) is 4.70. The van der Waals surface area contributed by atoms with Crippen molar-refractivity contribution < 1.29 is 14.6 Å². The predicted octanol–water partition coefficient (Wildman–Crippen LogP) is 3.52. The molecule has 0 unspecified atom stereocenters. The standard InChI is InChI=1S/C15H9ClO4/c16-10-4-2-1-3-9(10)13-7-12(19)15-11(18)5-8(17)6-14(15)20-13/h1-7,17-18H. The van der Waals surface area contributed by atoms with Gasteiger partial charge in [0.2, 0.25) is 0 Å². The molecule has 0 aliphatic rings. The van der Waals surface area contributed by atoms with Gasteiger partial charge in [0, 0.05) is 23.8 Å². The van der Waals surface area contributed by atoms with Gasteiger partial charge < -0.3 is 14.6 Å². The lowest BCUT2D eigenvalue weighted by Crippen LogP contribution is -2.00. The van der Waals surface area contributed by atoms with Crippen LogP contribution in [0.25, 0.3) is 22.3 Å². The molecule has 0 aliphatic carbocycles. The molecule has 100 valence electrons. The molecule has 0 atom stereocenters. The summed E-state index contributed by atoms with van der Waals surface area (Å²) in [4.78, 5) is 12.1. The first-order chi connectivity index (χ1) is 9.56. The summed E-state index contributed by atoms with van der Waals surface area (Å²) >= 11 is 6.06. The minimum atomic E-state index is -0.404. The van der Waals surface area contributed by atoms with Crippen molar-refractivity contribution in [2.24, 2.45) is 0 Å². The number of fused-ring (bicyclic) bond motifs is 1. The number of rotatable bonds is 1. The molecule has 20 heavy (non-hydrogen) atoms. The molecule has 0 aliphatic heterocycles. The smallest absolute Gasteiger partial charge is 0.197 e. The van der Waals surface area contributed by atoms with E-state index in [4.69, 9.17) is 16.0 Å². The number of hydrogen-bond donors (Lipinski definition) is 2. The van der Waals surface area contributed by atoms with Crippen LogP contribution in [0.3, 0.4) is 0 Å². The summed E-state index contributed by atoms with van der Waals surface area (Å²) in [5.41, 5.74) is 0.264. The Morgan fingerprint density at radius 2 is 1.80 bits per heavy atom. The molecule has 3 aromatic rings. The molecule has 1 heterocycles. The van der Waals surface area contributed by atoms with Crippen LogP contribution in [0.5, 0.6) is 11.5 Å². The number of halogens is 1. The van der Waals surface area contributed by atoms with E-state index in [1.807, 2.05) is 0 Å². The fourth-order valence-corrected chi connectivity index (χ4v) is 2.28. The molecule has 1 aromatic heterocycles. The van der Waals surface area contributed by atoms with E-state index in [2.05, 4.69) is 0 Å². The van der Waals surface area contributed by atoms with Gasteiger partial charge in [-0.15, -0.1) is 0 Å². The molecule has 3 rings (SSSR count). The van der Waals surface area contributed by atoms with Crippen LogP contribution in [0.2, 0.25) is 5.02 Å². The topological polar surface area (TPSA) is 70.7 Å². The maximum Gasteiger partial charge on any atom is 0.197 e. The minimum absolute atomic E-state index is 0.0265. The second kappa shape index (κ2) is 4.58. The molecule has 0 saturated carbocycles. The third kappa shape index (κ3) is 2.00. The summed E-state index contributed by atoms with van der Waals surface area (Å²) in [7, 11) is 0. The number of phenols is 2. The molecule has 0 saturated heterocycles. The molecule has 2 aromatic carbocycles. The number of benzene rings is 2. The van der Waals surface area contributed by atoms with Crippen molar-refractivity contribution in [2.75, 3.05) is 0 Å². The Hall–Kier alpha value is -2.46. The molecule has 0 amide bonds. The van der Waals surface area contributed by atoms with Crippen molar-refractivity contribution in [3.63, 3.8) is 0 Å². The average molecular weight is 289 g/mol. The van der Waals surface area contributed by atoms with Crippen molar-refractivity contribution in [1.29, 1.82) is 0 Å². The van der Waals surface area contributed by atoms with Crippen molar-refractivity contribution in [1.82, 2.24) is 0 Å². The van der Waals surface area contributed by atoms with Crippen molar-refractivity contribution in [2.45, 2.75) is 0 Å². The highest BCUT2D eigenvalue weighted by Gasteiger charge is 2.13. The van der Waals surface area contributed by atoms with Gasteiger partial charge in [-0.1, -0.05) is 23.7 Å². The zero-order valence-corrected chi connectivity index (χ0v) is 10.9. The Bertz CT molecular complexity index is 867. The van der Waals surface area contributed by atoms with Gasteiger partial charge in [0.1, 0.15) is 28.2 Å². The first-order valence-corrected chi connectivity index (χ1v) is 6.19.